The number of nitrogens with zero attached hydrogens (tertiary/aromatic N) is 1. The zero-order valence-electron chi connectivity index (χ0n) is 11.5. The zero-order chi connectivity index (χ0) is 14.1. The van der Waals surface area contributed by atoms with E-state index in [0.717, 1.165) is 18.4 Å². The van der Waals surface area contributed by atoms with Gasteiger partial charge in [-0.25, -0.2) is 0 Å². The van der Waals surface area contributed by atoms with Gasteiger partial charge in [0.2, 0.25) is 0 Å². The molecule has 2 N–H and O–H groups in total. The van der Waals surface area contributed by atoms with Crippen LogP contribution in [0.4, 0.5) is 5.69 Å². The molecule has 2 aromatic rings. The number of amides is 1. The summed E-state index contributed by atoms with van der Waals surface area (Å²) in [5.74, 6) is 0.0575. The molecule has 1 aromatic carbocycles. The van der Waals surface area contributed by atoms with Gasteiger partial charge in [-0.3, -0.25) is 4.79 Å². The summed E-state index contributed by atoms with van der Waals surface area (Å²) in [4.78, 5) is 16.0. The van der Waals surface area contributed by atoms with Crippen molar-refractivity contribution in [1.82, 2.24) is 4.90 Å². The molecule has 0 radical (unpaired) electrons. The molecular weight excluding hydrogens is 268 g/mol. The molecule has 1 aliphatic rings. The molecule has 1 heterocycles. The first-order chi connectivity index (χ1) is 9.65. The third-order valence-electron chi connectivity index (χ3n) is 3.59. The molecule has 0 atom stereocenters. The predicted octanol–water partition coefficient (Wildman–Crippen LogP) is 3.44. The minimum atomic E-state index is 0.0575. The van der Waals surface area contributed by atoms with Crippen LogP contribution < -0.4 is 5.73 Å². The number of carbonyl (C=O) groups excluding carboxylic acids is 1. The summed E-state index contributed by atoms with van der Waals surface area (Å²) >= 11 is 1.69. The summed E-state index contributed by atoms with van der Waals surface area (Å²) in [6.45, 7) is 2.67. The largest absolute Gasteiger partial charge is 0.398 e. The minimum absolute atomic E-state index is 0.0575. The highest BCUT2D eigenvalue weighted by molar-refractivity contribution is 7.09. The number of anilines is 1. The standard InChI is InChI=1S/C16H18N2OS/c1-11-4-7-15(17)14(9-11)16(19)18(12-5-6-12)10-13-3-2-8-20-13/h2-4,7-9,12H,5-6,10,17H2,1H3. The maximum Gasteiger partial charge on any atom is 0.256 e. The van der Waals surface area contributed by atoms with Crippen LogP contribution >= 0.6 is 11.3 Å². The third-order valence-corrected chi connectivity index (χ3v) is 4.46. The van der Waals surface area contributed by atoms with Crippen molar-refractivity contribution in [3.05, 3.63) is 51.7 Å². The van der Waals surface area contributed by atoms with Crippen LogP contribution in [-0.2, 0) is 6.54 Å². The molecule has 3 nitrogen and oxygen atoms in total. The molecule has 1 aromatic heterocycles. The summed E-state index contributed by atoms with van der Waals surface area (Å²) in [6, 6.07) is 10.1. The molecule has 0 bridgehead atoms. The molecular formula is C16H18N2OS. The molecule has 3 rings (SSSR count). The first kappa shape index (κ1) is 13.2. The Morgan fingerprint density at radius 1 is 1.40 bits per heavy atom. The second-order valence-corrected chi connectivity index (χ2v) is 6.37. The van der Waals surface area contributed by atoms with Gasteiger partial charge >= 0.3 is 0 Å². The van der Waals surface area contributed by atoms with E-state index in [0.29, 0.717) is 23.8 Å². The molecule has 1 amide bonds. The van der Waals surface area contributed by atoms with Crippen LogP contribution in [0.2, 0.25) is 0 Å². The predicted molar refractivity (Wildman–Crippen MR) is 82.8 cm³/mol. The smallest absolute Gasteiger partial charge is 0.256 e. The van der Waals surface area contributed by atoms with Gasteiger partial charge in [0.05, 0.1) is 12.1 Å². The van der Waals surface area contributed by atoms with Gasteiger partial charge in [-0.15, -0.1) is 11.3 Å². The molecule has 0 saturated heterocycles. The average molecular weight is 286 g/mol. The molecule has 0 aliphatic heterocycles. The highest BCUT2D eigenvalue weighted by atomic mass is 32.1. The number of benzene rings is 1. The van der Waals surface area contributed by atoms with E-state index >= 15 is 0 Å². The van der Waals surface area contributed by atoms with Gasteiger partial charge in [0, 0.05) is 16.6 Å². The van der Waals surface area contributed by atoms with Crippen LogP contribution in [0.5, 0.6) is 0 Å². The number of nitrogen functional groups attached to an aromatic ring is 1. The summed E-state index contributed by atoms with van der Waals surface area (Å²) in [6.07, 6.45) is 2.20. The highest BCUT2D eigenvalue weighted by Crippen LogP contribution is 2.31. The first-order valence-electron chi connectivity index (χ1n) is 6.84. The van der Waals surface area contributed by atoms with Crippen LogP contribution in [0.15, 0.2) is 35.7 Å². The minimum Gasteiger partial charge on any atom is -0.398 e. The van der Waals surface area contributed by atoms with Crippen molar-refractivity contribution in [2.75, 3.05) is 5.73 Å². The maximum atomic E-state index is 12.8. The van der Waals surface area contributed by atoms with E-state index in [1.807, 2.05) is 41.5 Å². The average Bonchev–Trinajstić information content (AvgIpc) is 3.15. The fourth-order valence-electron chi connectivity index (χ4n) is 2.33. The summed E-state index contributed by atoms with van der Waals surface area (Å²) < 4.78 is 0. The molecule has 1 fully saturated rings. The normalized spacial score (nSPS) is 14.2. The SMILES string of the molecule is Cc1ccc(N)c(C(=O)N(Cc2cccs2)C2CC2)c1. The fraction of sp³-hybridized carbons (Fsp3) is 0.312. The Bertz CT molecular complexity index is 617. The van der Waals surface area contributed by atoms with E-state index < -0.39 is 0 Å². The number of nitrogens with two attached hydrogens (primary N) is 1. The summed E-state index contributed by atoms with van der Waals surface area (Å²) in [5.41, 5.74) is 8.24. The van der Waals surface area contributed by atoms with Gasteiger partial charge in [-0.2, -0.15) is 0 Å². The lowest BCUT2D eigenvalue weighted by atomic mass is 10.1. The lowest BCUT2D eigenvalue weighted by molar-refractivity contribution is 0.0732. The Morgan fingerprint density at radius 3 is 2.85 bits per heavy atom. The lowest BCUT2D eigenvalue weighted by Gasteiger charge is -2.22. The fourth-order valence-corrected chi connectivity index (χ4v) is 3.04. The second kappa shape index (κ2) is 5.29. The van der Waals surface area contributed by atoms with E-state index in [1.54, 1.807) is 11.3 Å². The van der Waals surface area contributed by atoms with E-state index in [-0.39, 0.29) is 5.91 Å². The van der Waals surface area contributed by atoms with Crippen molar-refractivity contribution in [3.8, 4) is 0 Å². The van der Waals surface area contributed by atoms with E-state index in [2.05, 4.69) is 6.07 Å². The van der Waals surface area contributed by atoms with E-state index in [1.165, 1.54) is 4.88 Å². The molecule has 20 heavy (non-hydrogen) atoms. The zero-order valence-corrected chi connectivity index (χ0v) is 12.3. The summed E-state index contributed by atoms with van der Waals surface area (Å²) in [5, 5.41) is 2.05. The van der Waals surface area contributed by atoms with Gasteiger partial charge in [0.1, 0.15) is 0 Å². The number of aryl methyl sites for hydroxylation is 1. The van der Waals surface area contributed by atoms with Crippen LogP contribution in [-0.4, -0.2) is 16.8 Å². The number of hydrogen-bond donors (Lipinski definition) is 1. The molecule has 104 valence electrons. The molecule has 1 aliphatic carbocycles. The van der Waals surface area contributed by atoms with Crippen LogP contribution in [0.25, 0.3) is 0 Å². The van der Waals surface area contributed by atoms with Crippen LogP contribution in [0, 0.1) is 6.92 Å². The van der Waals surface area contributed by atoms with Crippen molar-refractivity contribution in [2.45, 2.75) is 32.4 Å². The van der Waals surface area contributed by atoms with Gasteiger partial charge in [-0.1, -0.05) is 17.7 Å². The monoisotopic (exact) mass is 286 g/mol. The van der Waals surface area contributed by atoms with Crippen molar-refractivity contribution in [1.29, 1.82) is 0 Å². The van der Waals surface area contributed by atoms with Crippen LogP contribution in [0.1, 0.15) is 33.6 Å². The quantitative estimate of drug-likeness (QED) is 0.875. The third kappa shape index (κ3) is 2.70. The van der Waals surface area contributed by atoms with Gasteiger partial charge in [0.25, 0.3) is 5.91 Å². The first-order valence-corrected chi connectivity index (χ1v) is 7.72. The van der Waals surface area contributed by atoms with Gasteiger partial charge in [0.15, 0.2) is 0 Å². The van der Waals surface area contributed by atoms with Crippen molar-refractivity contribution < 1.29 is 4.79 Å². The highest BCUT2D eigenvalue weighted by Gasteiger charge is 2.33. The Labute approximate surface area is 123 Å². The number of thiophene rings is 1. The van der Waals surface area contributed by atoms with Gasteiger partial charge < -0.3 is 10.6 Å². The summed E-state index contributed by atoms with van der Waals surface area (Å²) in [7, 11) is 0. The second-order valence-electron chi connectivity index (χ2n) is 5.33. The van der Waals surface area contributed by atoms with Crippen molar-refractivity contribution in [2.24, 2.45) is 0 Å². The molecule has 0 unspecified atom stereocenters. The van der Waals surface area contributed by atoms with Crippen molar-refractivity contribution >= 4 is 22.9 Å². The number of carbonyl (C=O) groups is 1. The molecule has 1 saturated carbocycles. The van der Waals surface area contributed by atoms with Crippen molar-refractivity contribution in [3.63, 3.8) is 0 Å². The Morgan fingerprint density at radius 2 is 2.20 bits per heavy atom. The van der Waals surface area contributed by atoms with Gasteiger partial charge in [-0.05, 0) is 43.3 Å². The Balaban J connectivity index is 1.87. The Hall–Kier alpha value is -1.81. The topological polar surface area (TPSA) is 46.3 Å². The molecule has 4 heteroatoms. The van der Waals surface area contributed by atoms with Crippen LogP contribution in [0.3, 0.4) is 0 Å². The van der Waals surface area contributed by atoms with E-state index in [9.17, 15) is 4.79 Å². The van der Waals surface area contributed by atoms with E-state index in [4.69, 9.17) is 5.73 Å². The Kier molecular flexibility index (Phi) is 3.49. The maximum absolute atomic E-state index is 12.8. The number of rotatable bonds is 4. The number of hydrogen-bond acceptors (Lipinski definition) is 3. The lowest BCUT2D eigenvalue weighted by Crippen LogP contribution is -2.32. The molecule has 0 spiro atoms.